The van der Waals surface area contributed by atoms with Crippen molar-refractivity contribution in [3.63, 3.8) is 0 Å². The average Bonchev–Trinajstić information content (AvgIpc) is 2.62. The van der Waals surface area contributed by atoms with Gasteiger partial charge in [0.1, 0.15) is 0 Å². The molecule has 1 aromatic heterocycles. The van der Waals surface area contributed by atoms with E-state index < -0.39 is 5.97 Å². The summed E-state index contributed by atoms with van der Waals surface area (Å²) in [5.41, 5.74) is 0.136. The standard InChI is InChI=1S/C10H16N2O2S/c1-4-5-12(7(2)3)10-11-8(6-15-10)9(13)14/h6-7H,4-5H2,1-3H3,(H,13,14). The highest BCUT2D eigenvalue weighted by atomic mass is 32.1. The molecule has 0 fully saturated rings. The van der Waals surface area contributed by atoms with Crippen LogP contribution in [0.5, 0.6) is 0 Å². The van der Waals surface area contributed by atoms with Gasteiger partial charge in [0.05, 0.1) is 0 Å². The Bertz CT molecular complexity index is 336. The molecule has 0 bridgehead atoms. The van der Waals surface area contributed by atoms with Gasteiger partial charge >= 0.3 is 5.97 Å². The molecule has 15 heavy (non-hydrogen) atoms. The van der Waals surface area contributed by atoms with Gasteiger partial charge in [-0.05, 0) is 20.3 Å². The molecule has 0 aliphatic rings. The minimum Gasteiger partial charge on any atom is -0.476 e. The second kappa shape index (κ2) is 5.11. The van der Waals surface area contributed by atoms with Gasteiger partial charge in [0, 0.05) is 18.0 Å². The van der Waals surface area contributed by atoms with Gasteiger partial charge in [-0.25, -0.2) is 9.78 Å². The van der Waals surface area contributed by atoms with E-state index in [2.05, 4.69) is 30.7 Å². The zero-order valence-electron chi connectivity index (χ0n) is 9.23. The highest BCUT2D eigenvalue weighted by molar-refractivity contribution is 7.13. The molecule has 84 valence electrons. The number of hydrogen-bond acceptors (Lipinski definition) is 4. The lowest BCUT2D eigenvalue weighted by Gasteiger charge is -2.25. The number of hydrogen-bond donors (Lipinski definition) is 1. The van der Waals surface area contributed by atoms with Gasteiger partial charge in [-0.2, -0.15) is 0 Å². The lowest BCUT2D eigenvalue weighted by molar-refractivity contribution is 0.0691. The third-order valence-corrected chi connectivity index (χ3v) is 2.92. The number of carbonyl (C=O) groups is 1. The van der Waals surface area contributed by atoms with Crippen molar-refractivity contribution in [2.75, 3.05) is 11.4 Å². The molecule has 0 saturated heterocycles. The Balaban J connectivity index is 2.86. The van der Waals surface area contributed by atoms with Crippen molar-refractivity contribution in [2.45, 2.75) is 33.2 Å². The molecule has 0 spiro atoms. The van der Waals surface area contributed by atoms with Crippen LogP contribution >= 0.6 is 11.3 Å². The van der Waals surface area contributed by atoms with E-state index in [4.69, 9.17) is 5.11 Å². The largest absolute Gasteiger partial charge is 0.476 e. The molecule has 0 radical (unpaired) electrons. The summed E-state index contributed by atoms with van der Waals surface area (Å²) < 4.78 is 0. The summed E-state index contributed by atoms with van der Waals surface area (Å²) in [6.07, 6.45) is 1.03. The summed E-state index contributed by atoms with van der Waals surface area (Å²) in [4.78, 5) is 16.9. The lowest BCUT2D eigenvalue weighted by atomic mass is 10.3. The Kier molecular flexibility index (Phi) is 4.08. The maximum Gasteiger partial charge on any atom is 0.355 e. The van der Waals surface area contributed by atoms with Crippen LogP contribution in [-0.4, -0.2) is 28.6 Å². The highest BCUT2D eigenvalue weighted by Gasteiger charge is 2.15. The molecule has 5 heteroatoms. The summed E-state index contributed by atoms with van der Waals surface area (Å²) in [6, 6.07) is 0.345. The molecule has 4 nitrogen and oxygen atoms in total. The quantitative estimate of drug-likeness (QED) is 0.841. The minimum absolute atomic E-state index is 0.136. The Morgan fingerprint density at radius 3 is 2.73 bits per heavy atom. The van der Waals surface area contributed by atoms with Gasteiger partial charge in [0.25, 0.3) is 0 Å². The Labute approximate surface area is 93.6 Å². The fourth-order valence-corrected chi connectivity index (χ4v) is 2.27. The number of thiazole rings is 1. The number of anilines is 1. The van der Waals surface area contributed by atoms with Crippen molar-refractivity contribution in [1.82, 2.24) is 4.98 Å². The van der Waals surface area contributed by atoms with Crippen molar-refractivity contribution in [3.8, 4) is 0 Å². The van der Waals surface area contributed by atoms with Crippen LogP contribution in [0.15, 0.2) is 5.38 Å². The lowest BCUT2D eigenvalue weighted by Crippen LogP contribution is -2.31. The number of nitrogens with zero attached hydrogens (tertiary/aromatic N) is 2. The normalized spacial score (nSPS) is 10.7. The molecule has 0 amide bonds. The molecule has 1 rings (SSSR count). The first-order valence-corrected chi connectivity index (χ1v) is 5.89. The molecule has 1 heterocycles. The van der Waals surface area contributed by atoms with Crippen LogP contribution in [-0.2, 0) is 0 Å². The van der Waals surface area contributed by atoms with Gasteiger partial charge in [-0.3, -0.25) is 0 Å². The maximum atomic E-state index is 10.7. The fraction of sp³-hybridized carbons (Fsp3) is 0.600. The summed E-state index contributed by atoms with van der Waals surface area (Å²) in [5, 5.41) is 11.2. The van der Waals surface area contributed by atoms with E-state index in [9.17, 15) is 4.79 Å². The van der Waals surface area contributed by atoms with Crippen molar-refractivity contribution in [1.29, 1.82) is 0 Å². The topological polar surface area (TPSA) is 53.4 Å². The molecule has 1 N–H and O–H groups in total. The molecule has 1 aromatic rings. The van der Waals surface area contributed by atoms with Crippen LogP contribution in [0.25, 0.3) is 0 Å². The molecule has 0 aromatic carbocycles. The van der Waals surface area contributed by atoms with Gasteiger partial charge in [-0.1, -0.05) is 6.92 Å². The predicted octanol–water partition coefficient (Wildman–Crippen LogP) is 2.47. The second-order valence-electron chi connectivity index (χ2n) is 3.61. The maximum absolute atomic E-state index is 10.7. The summed E-state index contributed by atoms with van der Waals surface area (Å²) in [6.45, 7) is 7.17. The van der Waals surface area contributed by atoms with Crippen LogP contribution in [0.3, 0.4) is 0 Å². The second-order valence-corrected chi connectivity index (χ2v) is 4.44. The van der Waals surface area contributed by atoms with Gasteiger partial charge < -0.3 is 10.0 Å². The van der Waals surface area contributed by atoms with Crippen molar-refractivity contribution >= 4 is 22.4 Å². The SMILES string of the molecule is CCCN(c1nc(C(=O)O)cs1)C(C)C. The first kappa shape index (κ1) is 12.0. The van der Waals surface area contributed by atoms with Crippen LogP contribution in [0.2, 0.25) is 0 Å². The number of carboxylic acids is 1. The van der Waals surface area contributed by atoms with E-state index in [0.29, 0.717) is 6.04 Å². The van der Waals surface area contributed by atoms with E-state index in [-0.39, 0.29) is 5.69 Å². The fourth-order valence-electron chi connectivity index (χ4n) is 1.31. The average molecular weight is 228 g/mol. The molecular formula is C10H16N2O2S. The van der Waals surface area contributed by atoms with Crippen molar-refractivity contribution in [2.24, 2.45) is 0 Å². The van der Waals surface area contributed by atoms with E-state index in [1.165, 1.54) is 11.3 Å². The van der Waals surface area contributed by atoms with Gasteiger partial charge in [0.15, 0.2) is 10.8 Å². The molecule has 0 saturated carbocycles. The molecule has 0 aliphatic heterocycles. The monoisotopic (exact) mass is 228 g/mol. The smallest absolute Gasteiger partial charge is 0.355 e. The van der Waals surface area contributed by atoms with Crippen molar-refractivity contribution in [3.05, 3.63) is 11.1 Å². The Morgan fingerprint density at radius 2 is 2.33 bits per heavy atom. The van der Waals surface area contributed by atoms with Crippen molar-refractivity contribution < 1.29 is 9.90 Å². The summed E-state index contributed by atoms with van der Waals surface area (Å²) in [7, 11) is 0. The van der Waals surface area contributed by atoms with Gasteiger partial charge in [0.2, 0.25) is 0 Å². The summed E-state index contributed by atoms with van der Waals surface area (Å²) in [5.74, 6) is -0.960. The molecule has 0 aliphatic carbocycles. The van der Waals surface area contributed by atoms with E-state index in [0.717, 1.165) is 18.1 Å². The van der Waals surface area contributed by atoms with Crippen LogP contribution in [0.1, 0.15) is 37.7 Å². The molecular weight excluding hydrogens is 212 g/mol. The first-order chi connectivity index (χ1) is 7.06. The first-order valence-electron chi connectivity index (χ1n) is 5.01. The molecule has 0 atom stereocenters. The van der Waals surface area contributed by atoms with Crippen LogP contribution in [0.4, 0.5) is 5.13 Å². The third kappa shape index (κ3) is 2.92. The Hall–Kier alpha value is -1.10. The third-order valence-electron chi connectivity index (χ3n) is 2.04. The zero-order valence-corrected chi connectivity index (χ0v) is 10.0. The predicted molar refractivity (Wildman–Crippen MR) is 61.8 cm³/mol. The zero-order chi connectivity index (χ0) is 11.4. The number of carboxylic acid groups (broad SMARTS) is 1. The minimum atomic E-state index is -0.960. The highest BCUT2D eigenvalue weighted by Crippen LogP contribution is 2.22. The number of aromatic carboxylic acids is 1. The molecule has 0 unspecified atom stereocenters. The van der Waals surface area contributed by atoms with Crippen LogP contribution in [0, 0.1) is 0 Å². The van der Waals surface area contributed by atoms with Crippen LogP contribution < -0.4 is 4.90 Å². The van der Waals surface area contributed by atoms with E-state index in [1.54, 1.807) is 5.38 Å². The van der Waals surface area contributed by atoms with Gasteiger partial charge in [-0.15, -0.1) is 11.3 Å². The summed E-state index contributed by atoms with van der Waals surface area (Å²) >= 11 is 1.39. The Morgan fingerprint density at radius 1 is 1.67 bits per heavy atom. The van der Waals surface area contributed by atoms with E-state index >= 15 is 0 Å². The van der Waals surface area contributed by atoms with E-state index in [1.807, 2.05) is 0 Å². The number of aromatic nitrogens is 1. The number of rotatable bonds is 5.